The summed E-state index contributed by atoms with van der Waals surface area (Å²) in [7, 11) is 0. The van der Waals surface area contributed by atoms with Crippen molar-refractivity contribution in [2.45, 2.75) is 40.9 Å². The van der Waals surface area contributed by atoms with Gasteiger partial charge in [-0.2, -0.15) is 8.78 Å². The first-order valence-corrected chi connectivity index (χ1v) is 9.27. The third-order valence-corrected chi connectivity index (χ3v) is 3.31. The topological polar surface area (TPSA) is 64.1 Å². The minimum Gasteiger partial charge on any atom is -0.490 e. The highest BCUT2D eigenvalue weighted by atomic mass is 19.3. The molecule has 0 aliphatic carbocycles. The molecule has 27 heavy (non-hydrogen) atoms. The molecule has 0 atom stereocenters. The lowest BCUT2D eigenvalue weighted by atomic mass is 10.2. The molecule has 0 bridgehead atoms. The number of alkyl halides is 2. The quantitative estimate of drug-likeness (QED) is 0.327. The van der Waals surface area contributed by atoms with Crippen LogP contribution in [0.4, 0.5) is 8.78 Å². The summed E-state index contributed by atoms with van der Waals surface area (Å²) < 4.78 is 41.2. The van der Waals surface area contributed by atoms with E-state index in [-0.39, 0.29) is 18.0 Å². The van der Waals surface area contributed by atoms with Crippen LogP contribution in [0.1, 0.15) is 33.3 Å². The molecule has 0 radical (unpaired) electrons. The van der Waals surface area contributed by atoms with E-state index in [1.165, 1.54) is 0 Å². The van der Waals surface area contributed by atoms with Crippen LogP contribution >= 0.6 is 0 Å². The number of halogens is 2. The van der Waals surface area contributed by atoms with Gasteiger partial charge in [0, 0.05) is 25.3 Å². The second kappa shape index (κ2) is 13.1. The largest absolute Gasteiger partial charge is 0.490 e. The van der Waals surface area contributed by atoms with Crippen molar-refractivity contribution in [3.05, 3.63) is 23.8 Å². The summed E-state index contributed by atoms with van der Waals surface area (Å²) in [4.78, 5) is 4.44. The highest BCUT2D eigenvalue weighted by Gasteiger charge is 2.15. The normalized spacial score (nSPS) is 11.8. The molecule has 0 aromatic heterocycles. The van der Waals surface area contributed by atoms with Crippen LogP contribution in [0, 0.1) is 5.92 Å². The zero-order valence-corrected chi connectivity index (χ0v) is 16.6. The van der Waals surface area contributed by atoms with Gasteiger partial charge in [-0.1, -0.05) is 26.0 Å². The summed E-state index contributed by atoms with van der Waals surface area (Å²) in [6.45, 7) is 8.05. The van der Waals surface area contributed by atoms with E-state index in [1.54, 1.807) is 25.1 Å². The Labute approximate surface area is 160 Å². The molecule has 2 N–H and O–H groups in total. The maximum Gasteiger partial charge on any atom is 0.387 e. The van der Waals surface area contributed by atoms with Gasteiger partial charge in [0.25, 0.3) is 0 Å². The fourth-order valence-corrected chi connectivity index (χ4v) is 2.24. The molecule has 0 fully saturated rings. The molecule has 1 aromatic rings. The zero-order valence-electron chi connectivity index (χ0n) is 16.6. The molecule has 0 amide bonds. The van der Waals surface area contributed by atoms with Gasteiger partial charge in [0.15, 0.2) is 17.5 Å². The molecule has 0 saturated heterocycles. The predicted molar refractivity (Wildman–Crippen MR) is 103 cm³/mol. The highest BCUT2D eigenvalue weighted by Crippen LogP contribution is 2.33. The van der Waals surface area contributed by atoms with Gasteiger partial charge < -0.3 is 24.8 Å². The first kappa shape index (κ1) is 23.0. The summed E-state index contributed by atoms with van der Waals surface area (Å²) in [6.07, 6.45) is 0. The highest BCUT2D eigenvalue weighted by molar-refractivity contribution is 5.79. The number of para-hydroxylation sites is 1. The standard InChI is InChI=1S/C19H31F2N3O3/c1-5-22-19(23-10-11-25-13-14(3)4)24-12-15-8-7-9-16(26-6-2)17(15)27-18(20)21/h7-9,14,18H,5-6,10-13H2,1-4H3,(H2,22,23,24). The van der Waals surface area contributed by atoms with Crippen LogP contribution in [0.25, 0.3) is 0 Å². The van der Waals surface area contributed by atoms with E-state index in [4.69, 9.17) is 9.47 Å². The van der Waals surface area contributed by atoms with Crippen molar-refractivity contribution in [1.29, 1.82) is 0 Å². The van der Waals surface area contributed by atoms with Crippen molar-refractivity contribution in [1.82, 2.24) is 10.6 Å². The third-order valence-electron chi connectivity index (χ3n) is 3.31. The second-order valence-electron chi connectivity index (χ2n) is 6.15. The Morgan fingerprint density at radius 2 is 1.96 bits per heavy atom. The molecule has 0 saturated carbocycles. The Hall–Kier alpha value is -2.09. The van der Waals surface area contributed by atoms with E-state index in [0.717, 1.165) is 0 Å². The summed E-state index contributed by atoms with van der Waals surface area (Å²) in [5.74, 6) is 1.37. The van der Waals surface area contributed by atoms with Gasteiger partial charge in [-0.05, 0) is 25.8 Å². The number of hydrogen-bond donors (Lipinski definition) is 2. The minimum absolute atomic E-state index is 0.0224. The number of nitrogens with zero attached hydrogens (tertiary/aromatic N) is 1. The smallest absolute Gasteiger partial charge is 0.387 e. The summed E-state index contributed by atoms with van der Waals surface area (Å²) in [5, 5.41) is 6.27. The van der Waals surface area contributed by atoms with Crippen molar-refractivity contribution < 1.29 is 23.0 Å². The third kappa shape index (κ3) is 9.42. The fourth-order valence-electron chi connectivity index (χ4n) is 2.24. The van der Waals surface area contributed by atoms with Crippen LogP contribution in [-0.2, 0) is 11.3 Å². The van der Waals surface area contributed by atoms with E-state index in [0.29, 0.717) is 50.4 Å². The van der Waals surface area contributed by atoms with E-state index < -0.39 is 6.61 Å². The number of ether oxygens (including phenoxy) is 3. The molecular weight excluding hydrogens is 356 g/mol. The fraction of sp³-hybridized carbons (Fsp3) is 0.632. The molecule has 0 aliphatic heterocycles. The van der Waals surface area contributed by atoms with Crippen LogP contribution in [0.2, 0.25) is 0 Å². The van der Waals surface area contributed by atoms with Crippen LogP contribution in [0.5, 0.6) is 11.5 Å². The molecule has 0 aliphatic rings. The van der Waals surface area contributed by atoms with Gasteiger partial charge in [0.1, 0.15) is 0 Å². The van der Waals surface area contributed by atoms with Crippen LogP contribution in [0.3, 0.4) is 0 Å². The molecule has 154 valence electrons. The summed E-state index contributed by atoms with van der Waals surface area (Å²) >= 11 is 0. The maximum absolute atomic E-state index is 12.8. The lowest BCUT2D eigenvalue weighted by molar-refractivity contribution is -0.0520. The maximum atomic E-state index is 12.8. The molecule has 1 aromatic carbocycles. The lowest BCUT2D eigenvalue weighted by Crippen LogP contribution is -2.39. The molecule has 8 heteroatoms. The Morgan fingerprint density at radius 1 is 1.19 bits per heavy atom. The molecule has 0 spiro atoms. The van der Waals surface area contributed by atoms with E-state index in [9.17, 15) is 8.78 Å². The summed E-state index contributed by atoms with van der Waals surface area (Å²) in [5.41, 5.74) is 0.523. The number of guanidine groups is 1. The van der Waals surface area contributed by atoms with Crippen molar-refractivity contribution in [2.24, 2.45) is 10.9 Å². The van der Waals surface area contributed by atoms with Crippen LogP contribution < -0.4 is 20.1 Å². The molecule has 6 nitrogen and oxygen atoms in total. The lowest BCUT2D eigenvalue weighted by Gasteiger charge is -2.15. The monoisotopic (exact) mass is 387 g/mol. The van der Waals surface area contributed by atoms with E-state index in [1.807, 2.05) is 6.92 Å². The van der Waals surface area contributed by atoms with E-state index in [2.05, 4.69) is 34.2 Å². The van der Waals surface area contributed by atoms with Gasteiger partial charge >= 0.3 is 6.61 Å². The average Bonchev–Trinajstić information content (AvgIpc) is 2.61. The van der Waals surface area contributed by atoms with Gasteiger partial charge in [-0.15, -0.1) is 0 Å². The average molecular weight is 387 g/mol. The Kier molecular flexibility index (Phi) is 11.2. The van der Waals surface area contributed by atoms with Crippen molar-refractivity contribution >= 4 is 5.96 Å². The number of benzene rings is 1. The zero-order chi connectivity index (χ0) is 20.1. The predicted octanol–water partition coefficient (Wildman–Crippen LogP) is 3.41. The summed E-state index contributed by atoms with van der Waals surface area (Å²) in [6, 6.07) is 5.03. The molecule has 0 heterocycles. The van der Waals surface area contributed by atoms with Crippen LogP contribution in [0.15, 0.2) is 23.2 Å². The Morgan fingerprint density at radius 3 is 2.59 bits per heavy atom. The number of rotatable bonds is 12. The molecule has 1 rings (SSSR count). The SMILES string of the molecule is CCNC(=NCc1cccc(OCC)c1OC(F)F)NCCOCC(C)C. The number of hydrogen-bond acceptors (Lipinski definition) is 4. The van der Waals surface area contributed by atoms with Gasteiger partial charge in [-0.3, -0.25) is 0 Å². The molecule has 0 unspecified atom stereocenters. The van der Waals surface area contributed by atoms with Crippen molar-refractivity contribution in [2.75, 3.05) is 32.9 Å². The number of aliphatic imine (C=N–C) groups is 1. The van der Waals surface area contributed by atoms with Crippen LogP contribution in [-0.4, -0.2) is 45.5 Å². The first-order valence-electron chi connectivity index (χ1n) is 9.27. The minimum atomic E-state index is -2.93. The van der Waals surface area contributed by atoms with Gasteiger partial charge in [0.2, 0.25) is 0 Å². The van der Waals surface area contributed by atoms with Gasteiger partial charge in [0.05, 0.1) is 19.8 Å². The van der Waals surface area contributed by atoms with Gasteiger partial charge in [-0.25, -0.2) is 4.99 Å². The van der Waals surface area contributed by atoms with Crippen molar-refractivity contribution in [3.8, 4) is 11.5 Å². The first-order chi connectivity index (χ1) is 13.0. The van der Waals surface area contributed by atoms with Crippen molar-refractivity contribution in [3.63, 3.8) is 0 Å². The molecular formula is C19H31F2N3O3. The Balaban J connectivity index is 2.77. The van der Waals surface area contributed by atoms with E-state index >= 15 is 0 Å². The second-order valence-corrected chi connectivity index (χ2v) is 6.15. The number of nitrogens with one attached hydrogen (secondary N) is 2. The Bertz CT molecular complexity index is 569.